The zero-order valence-electron chi connectivity index (χ0n) is 22.5. The van der Waals surface area contributed by atoms with E-state index in [0.29, 0.717) is 0 Å². The Balaban J connectivity index is 2.43. The van der Waals surface area contributed by atoms with Gasteiger partial charge < -0.3 is 14.7 Å². The van der Waals surface area contributed by atoms with Crippen molar-refractivity contribution in [1.29, 1.82) is 0 Å². The van der Waals surface area contributed by atoms with Gasteiger partial charge in [0, 0.05) is 32.4 Å². The first-order valence-electron chi connectivity index (χ1n) is 12.2. The molecule has 37 heavy (non-hydrogen) atoms. The first-order valence-corrected chi connectivity index (χ1v) is 12.2. The summed E-state index contributed by atoms with van der Waals surface area (Å²) < 4.78 is 5.33. The van der Waals surface area contributed by atoms with E-state index in [4.69, 9.17) is 14.7 Å². The lowest BCUT2D eigenvalue weighted by Crippen LogP contribution is -2.45. The summed E-state index contributed by atoms with van der Waals surface area (Å²) in [5.74, 6) is -1.41. The molecule has 0 atom stereocenters. The summed E-state index contributed by atoms with van der Waals surface area (Å²) in [6.45, 7) is 9.29. The number of hydrogen-bond donors (Lipinski definition) is 2. The van der Waals surface area contributed by atoms with E-state index in [0.717, 1.165) is 54.3 Å². The van der Waals surface area contributed by atoms with Crippen LogP contribution in [0.25, 0.3) is 0 Å². The van der Waals surface area contributed by atoms with E-state index in [1.165, 1.54) is 6.08 Å². The second kappa shape index (κ2) is 18.7. The Kier molecular flexibility index (Phi) is 15.9. The monoisotopic (exact) mass is 508 g/mol. The van der Waals surface area contributed by atoms with Crippen molar-refractivity contribution in [3.63, 3.8) is 0 Å². The number of ether oxygens (including phenoxy) is 1. The van der Waals surface area contributed by atoms with Crippen molar-refractivity contribution in [3.8, 4) is 0 Å². The number of carboxylic acids is 1. The van der Waals surface area contributed by atoms with Gasteiger partial charge in [-0.1, -0.05) is 101 Å². The molecule has 1 heterocycles. The maximum atomic E-state index is 11.9. The molecule has 1 rings (SSSR count). The molecule has 1 fully saturated rings. The molecule has 0 unspecified atom stereocenters. The summed E-state index contributed by atoms with van der Waals surface area (Å²) in [5.41, 5.74) is 6.63. The summed E-state index contributed by atoms with van der Waals surface area (Å²) in [5, 5.41) is 10.5. The molecule has 0 amide bonds. The van der Waals surface area contributed by atoms with Crippen LogP contribution in [0.5, 0.6) is 0 Å². The Labute approximate surface area is 221 Å². The van der Waals surface area contributed by atoms with Crippen LogP contribution in [0.3, 0.4) is 0 Å². The highest BCUT2D eigenvalue weighted by molar-refractivity contribution is 5.82. The van der Waals surface area contributed by atoms with Gasteiger partial charge in [0.25, 0.3) is 0 Å². The third-order valence-electron chi connectivity index (χ3n) is 5.29. The second-order valence-electron chi connectivity index (χ2n) is 8.69. The number of nitrogens with zero attached hydrogens (tertiary/aromatic N) is 1. The van der Waals surface area contributed by atoms with Crippen LogP contribution in [-0.2, 0) is 19.2 Å². The van der Waals surface area contributed by atoms with E-state index in [2.05, 4.69) is 5.59 Å². The van der Waals surface area contributed by atoms with Crippen molar-refractivity contribution >= 4 is 11.9 Å². The first kappa shape index (κ1) is 31.5. The van der Waals surface area contributed by atoms with Gasteiger partial charge in [-0.3, -0.25) is 0 Å². The number of piperidine rings is 1. The Hall–Kier alpha value is -3.52. The van der Waals surface area contributed by atoms with Gasteiger partial charge >= 0.3 is 11.9 Å². The van der Waals surface area contributed by atoms with Crippen LogP contribution in [0.15, 0.2) is 107 Å². The highest BCUT2D eigenvalue weighted by Crippen LogP contribution is 2.10. The molecule has 0 radical (unpaired) electrons. The molecular formula is C30H40N2O5. The van der Waals surface area contributed by atoms with Crippen LogP contribution in [0, 0.1) is 0 Å². The van der Waals surface area contributed by atoms with E-state index in [1.807, 2.05) is 93.5 Å². The highest BCUT2D eigenvalue weighted by Gasteiger charge is 2.19. The van der Waals surface area contributed by atoms with Crippen molar-refractivity contribution in [2.24, 2.45) is 0 Å². The minimum absolute atomic E-state index is 0.271. The fourth-order valence-corrected chi connectivity index (χ4v) is 3.07. The van der Waals surface area contributed by atoms with Gasteiger partial charge in [0.1, 0.15) is 0 Å². The van der Waals surface area contributed by atoms with Crippen LogP contribution in [0.2, 0.25) is 0 Å². The minimum atomic E-state index is -0.959. The number of methoxy groups -OCH3 is 1. The molecule has 0 spiro atoms. The Morgan fingerprint density at radius 1 is 0.730 bits per heavy atom. The van der Waals surface area contributed by atoms with Gasteiger partial charge in [0.2, 0.25) is 0 Å². The first-order chi connectivity index (χ1) is 17.7. The second-order valence-corrected chi connectivity index (χ2v) is 8.69. The fourth-order valence-electron chi connectivity index (χ4n) is 3.07. The molecule has 7 heteroatoms. The Morgan fingerprint density at radius 2 is 1.19 bits per heavy atom. The van der Waals surface area contributed by atoms with Gasteiger partial charge in [-0.2, -0.15) is 0 Å². The lowest BCUT2D eigenvalue weighted by atomic mass is 10.1. The number of nitrogens with one attached hydrogen (secondary N) is 1. The number of carbonyl (C=O) groups excluding carboxylic acids is 1. The van der Waals surface area contributed by atoms with Crippen LogP contribution in [0.4, 0.5) is 0 Å². The molecule has 0 aromatic heterocycles. The Bertz CT molecular complexity index is 1010. The summed E-state index contributed by atoms with van der Waals surface area (Å²) in [4.78, 5) is 27.5. The minimum Gasteiger partial charge on any atom is -0.478 e. The van der Waals surface area contributed by atoms with Gasteiger partial charge in [-0.05, 0) is 40.5 Å². The van der Waals surface area contributed by atoms with E-state index in [9.17, 15) is 9.59 Å². The molecule has 0 bridgehead atoms. The van der Waals surface area contributed by atoms with E-state index in [1.54, 1.807) is 19.3 Å². The number of hydrazine groups is 1. The number of aliphatic carboxylic acids is 1. The van der Waals surface area contributed by atoms with Crippen molar-refractivity contribution in [1.82, 2.24) is 10.6 Å². The number of carbonyl (C=O) groups is 2. The molecule has 1 aliphatic rings. The van der Waals surface area contributed by atoms with Crippen LogP contribution < -0.4 is 5.59 Å². The normalized spacial score (nSPS) is 17.9. The molecule has 200 valence electrons. The average molecular weight is 509 g/mol. The zero-order valence-corrected chi connectivity index (χ0v) is 22.5. The molecule has 2 N–H and O–H groups in total. The molecule has 1 aliphatic heterocycles. The van der Waals surface area contributed by atoms with Crippen molar-refractivity contribution in [3.05, 3.63) is 107 Å². The quantitative estimate of drug-likeness (QED) is 0.187. The maximum absolute atomic E-state index is 11.9. The van der Waals surface area contributed by atoms with Crippen molar-refractivity contribution in [2.45, 2.75) is 46.6 Å². The van der Waals surface area contributed by atoms with Crippen LogP contribution >= 0.6 is 0 Å². The fraction of sp³-hybridized carbons (Fsp3) is 0.333. The number of rotatable bonds is 13. The number of allylic oxidation sites excluding steroid dienone is 16. The smallest absolute Gasteiger partial charge is 0.350 e. The average Bonchev–Trinajstić information content (AvgIpc) is 2.87. The number of hydrogen-bond acceptors (Lipinski definition) is 6. The Morgan fingerprint density at radius 3 is 1.68 bits per heavy atom. The predicted octanol–water partition coefficient (Wildman–Crippen LogP) is 5.71. The van der Waals surface area contributed by atoms with Gasteiger partial charge in [-0.25, -0.2) is 14.6 Å². The van der Waals surface area contributed by atoms with Gasteiger partial charge in [0.05, 0.1) is 6.10 Å². The standard InChI is InChI=1S/C30H40N2O5/c1-24(12-8-14-26(3)16-18-29(33)34)10-6-7-11-25(2)13-9-15-27(4)17-19-30(35)37-31-32-22-20-28(36-5)21-23-32/h6-19,28,31H,20-23H2,1-5H3,(H,33,34)/b7-6+,12-8+,13-9+,18-16+,19-17+,24-10+,25-11+,26-14-,27-15+. The lowest BCUT2D eigenvalue weighted by molar-refractivity contribution is -0.162. The predicted molar refractivity (Wildman–Crippen MR) is 149 cm³/mol. The molecular weight excluding hydrogens is 468 g/mol. The molecule has 0 aliphatic carbocycles. The largest absolute Gasteiger partial charge is 0.478 e. The van der Waals surface area contributed by atoms with Crippen LogP contribution in [-0.4, -0.2) is 48.4 Å². The third-order valence-corrected chi connectivity index (χ3v) is 5.29. The van der Waals surface area contributed by atoms with E-state index >= 15 is 0 Å². The maximum Gasteiger partial charge on any atom is 0.350 e. The number of carboxylic acid groups (broad SMARTS) is 1. The van der Waals surface area contributed by atoms with Gasteiger partial charge in [-0.15, -0.1) is 0 Å². The van der Waals surface area contributed by atoms with Gasteiger partial charge in [0.15, 0.2) is 0 Å². The third kappa shape index (κ3) is 16.7. The SMILES string of the molecule is COC1CCN(NOC(=O)/C=C/C(C)=C/C=C/C(C)=C/C=C/C=C(C)/C=C/C=C(C)\C=C\C(=O)O)CC1. The topological polar surface area (TPSA) is 88.1 Å². The summed E-state index contributed by atoms with van der Waals surface area (Å²) in [6, 6.07) is 0. The molecule has 1 saturated heterocycles. The van der Waals surface area contributed by atoms with E-state index in [-0.39, 0.29) is 6.10 Å². The van der Waals surface area contributed by atoms with E-state index < -0.39 is 11.9 Å². The molecule has 7 nitrogen and oxygen atoms in total. The molecule has 0 saturated carbocycles. The zero-order chi connectivity index (χ0) is 27.5. The van der Waals surface area contributed by atoms with Crippen molar-refractivity contribution < 1.29 is 24.3 Å². The lowest BCUT2D eigenvalue weighted by Gasteiger charge is -2.30. The molecule has 0 aromatic rings. The summed E-state index contributed by atoms with van der Waals surface area (Å²) in [6.07, 6.45) is 27.3. The summed E-state index contributed by atoms with van der Waals surface area (Å²) >= 11 is 0. The van der Waals surface area contributed by atoms with Crippen LogP contribution in [0.1, 0.15) is 40.5 Å². The summed E-state index contributed by atoms with van der Waals surface area (Å²) in [7, 11) is 1.72. The van der Waals surface area contributed by atoms with Crippen molar-refractivity contribution in [2.75, 3.05) is 20.2 Å². The molecule has 0 aromatic carbocycles. The highest BCUT2D eigenvalue weighted by atomic mass is 16.7.